The number of carbonyl (C=O) groups excluding carboxylic acids is 2. The van der Waals surface area contributed by atoms with Crippen LogP contribution in [0.2, 0.25) is 0 Å². The van der Waals surface area contributed by atoms with Crippen molar-refractivity contribution in [1.29, 1.82) is 0 Å². The number of hydrogen-bond acceptors (Lipinski definition) is 3. The summed E-state index contributed by atoms with van der Waals surface area (Å²) >= 11 is 7.78. The van der Waals surface area contributed by atoms with Gasteiger partial charge in [0.25, 0.3) is 0 Å². The topological polar surface area (TPSA) is 37.4 Å². The van der Waals surface area contributed by atoms with E-state index in [1.165, 1.54) is 0 Å². The molecule has 0 aromatic heterocycles. The van der Waals surface area contributed by atoms with E-state index in [-0.39, 0.29) is 16.9 Å². The zero-order valence-electron chi connectivity index (χ0n) is 11.7. The standard InChI is InChI=1S/C17H14BrNO2S/c18-12-6-7-15(19-10-13(22)9-16(19)20)14(8-12)17(21)11-4-2-1-3-5-11/h1-8,13,22H,9-10H2. The second-order valence-corrected chi connectivity index (χ2v) is 6.86. The van der Waals surface area contributed by atoms with Gasteiger partial charge in [-0.15, -0.1) is 0 Å². The highest BCUT2D eigenvalue weighted by Crippen LogP contribution is 2.31. The van der Waals surface area contributed by atoms with E-state index in [0.29, 0.717) is 29.8 Å². The van der Waals surface area contributed by atoms with Crippen molar-refractivity contribution in [1.82, 2.24) is 0 Å². The van der Waals surface area contributed by atoms with Gasteiger partial charge < -0.3 is 4.90 Å². The van der Waals surface area contributed by atoms with E-state index >= 15 is 0 Å². The molecule has 5 heteroatoms. The number of nitrogens with zero attached hydrogens (tertiary/aromatic N) is 1. The van der Waals surface area contributed by atoms with E-state index in [9.17, 15) is 9.59 Å². The van der Waals surface area contributed by atoms with Crippen LogP contribution in [0.5, 0.6) is 0 Å². The molecule has 1 atom stereocenters. The Morgan fingerprint density at radius 2 is 1.91 bits per heavy atom. The molecular weight excluding hydrogens is 362 g/mol. The van der Waals surface area contributed by atoms with Gasteiger partial charge in [-0.3, -0.25) is 9.59 Å². The molecule has 1 fully saturated rings. The van der Waals surface area contributed by atoms with Crippen LogP contribution >= 0.6 is 28.6 Å². The fraction of sp³-hybridized carbons (Fsp3) is 0.176. The average Bonchev–Trinajstić information content (AvgIpc) is 2.86. The maximum atomic E-state index is 12.8. The molecular formula is C17H14BrNO2S. The molecule has 1 saturated heterocycles. The van der Waals surface area contributed by atoms with Gasteiger partial charge in [-0.05, 0) is 18.2 Å². The monoisotopic (exact) mass is 375 g/mol. The van der Waals surface area contributed by atoms with E-state index in [4.69, 9.17) is 0 Å². The molecule has 2 aromatic rings. The number of carbonyl (C=O) groups is 2. The van der Waals surface area contributed by atoms with Crippen molar-refractivity contribution in [3.63, 3.8) is 0 Å². The Morgan fingerprint density at radius 1 is 1.18 bits per heavy atom. The largest absolute Gasteiger partial charge is 0.311 e. The highest BCUT2D eigenvalue weighted by Gasteiger charge is 2.31. The lowest BCUT2D eigenvalue weighted by molar-refractivity contribution is -0.117. The maximum Gasteiger partial charge on any atom is 0.228 e. The van der Waals surface area contributed by atoms with Gasteiger partial charge >= 0.3 is 0 Å². The predicted molar refractivity (Wildman–Crippen MR) is 93.8 cm³/mol. The third-order valence-electron chi connectivity index (χ3n) is 3.63. The summed E-state index contributed by atoms with van der Waals surface area (Å²) in [5, 5.41) is 0.0100. The minimum absolute atomic E-state index is 0.00411. The van der Waals surface area contributed by atoms with Gasteiger partial charge in [-0.25, -0.2) is 0 Å². The molecule has 0 saturated carbocycles. The smallest absolute Gasteiger partial charge is 0.228 e. The third kappa shape index (κ3) is 2.96. The molecule has 0 aliphatic carbocycles. The summed E-state index contributed by atoms with van der Waals surface area (Å²) in [5.74, 6) is -0.0863. The summed E-state index contributed by atoms with van der Waals surface area (Å²) in [5.41, 5.74) is 1.78. The highest BCUT2D eigenvalue weighted by atomic mass is 79.9. The Hall–Kier alpha value is -1.59. The van der Waals surface area contributed by atoms with Crippen LogP contribution < -0.4 is 4.90 Å². The van der Waals surface area contributed by atoms with Crippen LogP contribution in [0.15, 0.2) is 53.0 Å². The predicted octanol–water partition coefficient (Wildman–Crippen LogP) is 3.72. The number of hydrogen-bond donors (Lipinski definition) is 1. The summed E-state index contributed by atoms with van der Waals surface area (Å²) in [6.45, 7) is 0.526. The third-order valence-corrected chi connectivity index (χ3v) is 4.47. The van der Waals surface area contributed by atoms with Crippen LogP contribution in [0.4, 0.5) is 5.69 Å². The Morgan fingerprint density at radius 3 is 2.55 bits per heavy atom. The minimum atomic E-state index is -0.0904. The number of rotatable bonds is 3. The van der Waals surface area contributed by atoms with E-state index < -0.39 is 0 Å². The molecule has 0 N–H and O–H groups in total. The lowest BCUT2D eigenvalue weighted by Gasteiger charge is -2.20. The molecule has 3 rings (SSSR count). The van der Waals surface area contributed by atoms with Crippen LogP contribution in [0, 0.1) is 0 Å². The van der Waals surface area contributed by atoms with Crippen LogP contribution in [-0.4, -0.2) is 23.5 Å². The highest BCUT2D eigenvalue weighted by molar-refractivity contribution is 9.10. The number of benzene rings is 2. The minimum Gasteiger partial charge on any atom is -0.311 e. The van der Waals surface area contributed by atoms with E-state index in [1.807, 2.05) is 30.3 Å². The molecule has 1 aliphatic rings. The van der Waals surface area contributed by atoms with Crippen molar-refractivity contribution >= 4 is 45.9 Å². The fourth-order valence-electron chi connectivity index (χ4n) is 2.59. The molecule has 1 unspecified atom stereocenters. The Labute approximate surface area is 142 Å². The van der Waals surface area contributed by atoms with Crippen molar-refractivity contribution in [2.75, 3.05) is 11.4 Å². The van der Waals surface area contributed by atoms with Crippen molar-refractivity contribution in [2.24, 2.45) is 0 Å². The molecule has 2 aromatic carbocycles. The van der Waals surface area contributed by atoms with Gasteiger partial charge in [0.05, 0.1) is 5.69 Å². The molecule has 1 aliphatic heterocycles. The summed E-state index contributed by atoms with van der Waals surface area (Å²) in [6, 6.07) is 14.5. The zero-order valence-corrected chi connectivity index (χ0v) is 14.2. The SMILES string of the molecule is O=C(c1ccccc1)c1cc(Br)ccc1N1CC(S)CC1=O. The zero-order chi connectivity index (χ0) is 15.7. The molecule has 0 bridgehead atoms. The molecule has 0 spiro atoms. The number of anilines is 1. The first-order valence-corrected chi connectivity index (χ1v) is 8.25. The van der Waals surface area contributed by atoms with Gasteiger partial charge in [0.2, 0.25) is 5.91 Å². The molecule has 3 nitrogen and oxygen atoms in total. The second kappa shape index (κ2) is 6.26. The Kier molecular flexibility index (Phi) is 4.36. The lowest BCUT2D eigenvalue weighted by atomic mass is 10.0. The van der Waals surface area contributed by atoms with E-state index in [1.54, 1.807) is 23.1 Å². The molecule has 22 heavy (non-hydrogen) atoms. The van der Waals surface area contributed by atoms with Crippen molar-refractivity contribution in [3.8, 4) is 0 Å². The van der Waals surface area contributed by atoms with Gasteiger partial charge in [-0.1, -0.05) is 46.3 Å². The lowest BCUT2D eigenvalue weighted by Crippen LogP contribution is -2.26. The first kappa shape index (κ1) is 15.3. The molecule has 1 heterocycles. The van der Waals surface area contributed by atoms with Crippen LogP contribution in [-0.2, 0) is 4.79 Å². The molecule has 112 valence electrons. The van der Waals surface area contributed by atoms with Crippen molar-refractivity contribution < 1.29 is 9.59 Å². The molecule has 0 radical (unpaired) electrons. The van der Waals surface area contributed by atoms with Crippen LogP contribution in [0.3, 0.4) is 0 Å². The van der Waals surface area contributed by atoms with Gasteiger partial charge in [0.15, 0.2) is 5.78 Å². The summed E-state index contributed by atoms with van der Waals surface area (Å²) in [6.07, 6.45) is 0.401. The average molecular weight is 376 g/mol. The number of halogens is 1. The number of amides is 1. The Bertz CT molecular complexity index is 733. The normalized spacial score (nSPS) is 17.8. The van der Waals surface area contributed by atoms with Crippen LogP contribution in [0.25, 0.3) is 0 Å². The van der Waals surface area contributed by atoms with E-state index in [0.717, 1.165) is 4.47 Å². The quantitative estimate of drug-likeness (QED) is 0.655. The van der Waals surface area contributed by atoms with Gasteiger partial charge in [0, 0.05) is 33.8 Å². The first-order valence-electron chi connectivity index (χ1n) is 6.94. The van der Waals surface area contributed by atoms with Crippen molar-refractivity contribution in [3.05, 3.63) is 64.1 Å². The van der Waals surface area contributed by atoms with Crippen LogP contribution in [0.1, 0.15) is 22.3 Å². The fourth-order valence-corrected chi connectivity index (χ4v) is 3.27. The number of thiol groups is 1. The second-order valence-electron chi connectivity index (χ2n) is 5.22. The van der Waals surface area contributed by atoms with Gasteiger partial charge in [0.1, 0.15) is 0 Å². The van der Waals surface area contributed by atoms with Gasteiger partial charge in [-0.2, -0.15) is 12.6 Å². The van der Waals surface area contributed by atoms with Crippen molar-refractivity contribution in [2.45, 2.75) is 11.7 Å². The van der Waals surface area contributed by atoms with E-state index in [2.05, 4.69) is 28.6 Å². The summed E-state index contributed by atoms with van der Waals surface area (Å²) in [4.78, 5) is 26.6. The first-order chi connectivity index (χ1) is 10.6. The summed E-state index contributed by atoms with van der Waals surface area (Å²) < 4.78 is 0.810. The maximum absolute atomic E-state index is 12.8. The molecule has 1 amide bonds. The summed E-state index contributed by atoms with van der Waals surface area (Å²) in [7, 11) is 0. The Balaban J connectivity index is 2.06. The number of ketones is 1.